The number of benzene rings is 1. The highest BCUT2D eigenvalue weighted by molar-refractivity contribution is 5.37. The average Bonchev–Trinajstić information content (AvgIpc) is 2.15. The van der Waals surface area contributed by atoms with Crippen molar-refractivity contribution >= 4 is 0 Å². The molecule has 0 aliphatic heterocycles. The van der Waals surface area contributed by atoms with Gasteiger partial charge in [0.25, 0.3) is 0 Å². The van der Waals surface area contributed by atoms with Gasteiger partial charge in [0.15, 0.2) is 0 Å². The van der Waals surface area contributed by atoms with E-state index in [-0.39, 0.29) is 5.56 Å². The van der Waals surface area contributed by atoms with Gasteiger partial charge in [0.1, 0.15) is 11.4 Å². The Morgan fingerprint density at radius 1 is 1.19 bits per heavy atom. The lowest BCUT2D eigenvalue weighted by Crippen LogP contribution is -2.40. The molecule has 16 heavy (non-hydrogen) atoms. The Morgan fingerprint density at radius 3 is 2.19 bits per heavy atom. The predicted molar refractivity (Wildman–Crippen MR) is 57.9 cm³/mol. The molecule has 1 aromatic rings. The largest absolute Gasteiger partial charge is 0.497 e. The van der Waals surface area contributed by atoms with E-state index in [4.69, 9.17) is 4.74 Å². The molecule has 1 N–H and O–H groups in total. The Bertz CT molecular complexity index is 381. The topological polar surface area (TPSA) is 29.5 Å². The van der Waals surface area contributed by atoms with Gasteiger partial charge in [-0.15, -0.1) is 0 Å². The quantitative estimate of drug-likeness (QED) is 0.865. The number of rotatable bonds is 3. The smallest absolute Gasteiger partial charge is 0.300 e. The fourth-order valence-electron chi connectivity index (χ4n) is 1.40. The van der Waals surface area contributed by atoms with E-state index < -0.39 is 11.5 Å². The maximum Gasteiger partial charge on any atom is 0.300 e. The molecule has 4 heteroatoms. The SMILES string of the molecule is COc1cc(C)cc(C(F)(F)C(C)(C)O)c1. The Balaban J connectivity index is 3.27. The van der Waals surface area contributed by atoms with Gasteiger partial charge in [-0.25, -0.2) is 0 Å². The van der Waals surface area contributed by atoms with Gasteiger partial charge in [-0.05, 0) is 44.5 Å². The summed E-state index contributed by atoms with van der Waals surface area (Å²) < 4.78 is 32.6. The van der Waals surface area contributed by atoms with E-state index in [1.54, 1.807) is 13.0 Å². The second-order valence-corrected chi connectivity index (χ2v) is 4.37. The Morgan fingerprint density at radius 2 is 1.75 bits per heavy atom. The minimum atomic E-state index is -3.31. The molecule has 0 aliphatic rings. The summed E-state index contributed by atoms with van der Waals surface area (Å²) in [5.74, 6) is -2.95. The second-order valence-electron chi connectivity index (χ2n) is 4.37. The van der Waals surface area contributed by atoms with Crippen LogP contribution in [0.5, 0.6) is 5.75 Å². The summed E-state index contributed by atoms with van der Waals surface area (Å²) in [7, 11) is 1.42. The van der Waals surface area contributed by atoms with Crippen molar-refractivity contribution in [2.75, 3.05) is 7.11 Å². The van der Waals surface area contributed by atoms with Gasteiger partial charge in [-0.2, -0.15) is 8.78 Å². The van der Waals surface area contributed by atoms with Gasteiger partial charge in [-0.3, -0.25) is 0 Å². The van der Waals surface area contributed by atoms with Crippen molar-refractivity contribution in [3.63, 3.8) is 0 Å². The highest BCUT2D eigenvalue weighted by Gasteiger charge is 2.47. The molecule has 90 valence electrons. The molecule has 0 atom stereocenters. The molecule has 0 radical (unpaired) electrons. The summed E-state index contributed by atoms with van der Waals surface area (Å²) in [5.41, 5.74) is -1.68. The number of hydrogen-bond acceptors (Lipinski definition) is 2. The molecule has 0 bridgehead atoms. The fraction of sp³-hybridized carbons (Fsp3) is 0.500. The van der Waals surface area contributed by atoms with Crippen molar-refractivity contribution in [1.82, 2.24) is 0 Å². The fourth-order valence-corrected chi connectivity index (χ4v) is 1.40. The van der Waals surface area contributed by atoms with Crippen LogP contribution in [0.2, 0.25) is 0 Å². The minimum Gasteiger partial charge on any atom is -0.497 e. The molecule has 0 saturated heterocycles. The van der Waals surface area contributed by atoms with Crippen LogP contribution in [0.3, 0.4) is 0 Å². The first kappa shape index (κ1) is 12.9. The number of ether oxygens (including phenoxy) is 1. The van der Waals surface area contributed by atoms with Gasteiger partial charge in [0, 0.05) is 5.56 Å². The van der Waals surface area contributed by atoms with Gasteiger partial charge in [-0.1, -0.05) is 0 Å². The van der Waals surface area contributed by atoms with Crippen LogP contribution >= 0.6 is 0 Å². The molecule has 2 nitrogen and oxygen atoms in total. The average molecular weight is 230 g/mol. The van der Waals surface area contributed by atoms with E-state index in [0.29, 0.717) is 11.3 Å². The van der Waals surface area contributed by atoms with Crippen LogP contribution in [0.1, 0.15) is 25.0 Å². The van der Waals surface area contributed by atoms with Crippen LogP contribution in [-0.4, -0.2) is 17.8 Å². The van der Waals surface area contributed by atoms with Gasteiger partial charge < -0.3 is 9.84 Å². The zero-order valence-electron chi connectivity index (χ0n) is 9.84. The molecule has 0 spiro atoms. The van der Waals surface area contributed by atoms with Gasteiger partial charge in [0.05, 0.1) is 7.11 Å². The molecule has 0 aromatic heterocycles. The third-order valence-electron chi connectivity index (χ3n) is 2.42. The Labute approximate surface area is 93.9 Å². The van der Waals surface area contributed by atoms with Gasteiger partial charge >= 0.3 is 5.92 Å². The van der Waals surface area contributed by atoms with E-state index >= 15 is 0 Å². The lowest BCUT2D eigenvalue weighted by atomic mass is 9.92. The first-order chi connectivity index (χ1) is 7.18. The lowest BCUT2D eigenvalue weighted by Gasteiger charge is -2.29. The number of alkyl halides is 2. The highest BCUT2D eigenvalue weighted by atomic mass is 19.3. The van der Waals surface area contributed by atoms with Crippen molar-refractivity contribution in [2.24, 2.45) is 0 Å². The van der Waals surface area contributed by atoms with Gasteiger partial charge in [0.2, 0.25) is 0 Å². The summed E-state index contributed by atoms with van der Waals surface area (Å²) in [6.07, 6.45) is 0. The van der Waals surface area contributed by atoms with Crippen LogP contribution in [0, 0.1) is 6.92 Å². The number of methoxy groups -OCH3 is 1. The predicted octanol–water partition coefficient (Wildman–Crippen LogP) is 2.87. The number of aliphatic hydroxyl groups is 1. The molecule has 0 heterocycles. The molecule has 0 unspecified atom stereocenters. The first-order valence-electron chi connectivity index (χ1n) is 4.95. The zero-order valence-corrected chi connectivity index (χ0v) is 9.84. The maximum atomic E-state index is 13.9. The van der Waals surface area contributed by atoms with Crippen LogP contribution in [0.4, 0.5) is 8.78 Å². The summed E-state index contributed by atoms with van der Waals surface area (Å²) in [6.45, 7) is 3.87. The molecule has 1 rings (SSSR count). The number of aryl methyl sites for hydroxylation is 1. The Kier molecular flexibility index (Phi) is 3.24. The highest BCUT2D eigenvalue weighted by Crippen LogP contribution is 2.40. The zero-order chi connectivity index (χ0) is 12.6. The minimum absolute atomic E-state index is 0.239. The molecule has 0 amide bonds. The van der Waals surface area contributed by atoms with Crippen molar-refractivity contribution in [3.05, 3.63) is 29.3 Å². The summed E-state index contributed by atoms with van der Waals surface area (Å²) in [4.78, 5) is 0. The summed E-state index contributed by atoms with van der Waals surface area (Å²) in [5, 5.41) is 9.46. The van der Waals surface area contributed by atoms with Crippen molar-refractivity contribution in [2.45, 2.75) is 32.3 Å². The third kappa shape index (κ3) is 2.32. The van der Waals surface area contributed by atoms with E-state index in [0.717, 1.165) is 13.8 Å². The monoisotopic (exact) mass is 230 g/mol. The normalized spacial score (nSPS) is 12.7. The first-order valence-corrected chi connectivity index (χ1v) is 4.95. The molecular formula is C12H16F2O2. The van der Waals surface area contributed by atoms with Crippen LogP contribution in [0.15, 0.2) is 18.2 Å². The Hall–Kier alpha value is -1.16. The van der Waals surface area contributed by atoms with Crippen LogP contribution < -0.4 is 4.74 Å². The van der Waals surface area contributed by atoms with Crippen molar-refractivity contribution in [3.8, 4) is 5.75 Å². The van der Waals surface area contributed by atoms with E-state index in [2.05, 4.69) is 0 Å². The van der Waals surface area contributed by atoms with Crippen LogP contribution in [-0.2, 0) is 5.92 Å². The van der Waals surface area contributed by atoms with E-state index in [9.17, 15) is 13.9 Å². The number of hydrogen-bond donors (Lipinski definition) is 1. The summed E-state index contributed by atoms with van der Waals surface area (Å²) >= 11 is 0. The lowest BCUT2D eigenvalue weighted by molar-refractivity contribution is -0.168. The third-order valence-corrected chi connectivity index (χ3v) is 2.42. The maximum absolute atomic E-state index is 13.9. The molecule has 0 saturated carbocycles. The molecular weight excluding hydrogens is 214 g/mol. The standard InChI is InChI=1S/C12H16F2O2/c1-8-5-9(7-10(6-8)16-4)12(13,14)11(2,3)15/h5-7,15H,1-4H3. The molecule has 1 aromatic carbocycles. The molecule has 0 fully saturated rings. The van der Waals surface area contributed by atoms with Crippen LogP contribution in [0.25, 0.3) is 0 Å². The van der Waals surface area contributed by atoms with Crippen molar-refractivity contribution in [1.29, 1.82) is 0 Å². The summed E-state index contributed by atoms with van der Waals surface area (Å²) in [6, 6.07) is 4.25. The number of halogens is 2. The molecule has 0 aliphatic carbocycles. The van der Waals surface area contributed by atoms with E-state index in [1.165, 1.54) is 19.2 Å². The van der Waals surface area contributed by atoms with E-state index in [1.807, 2.05) is 0 Å². The second kappa shape index (κ2) is 4.01. The van der Waals surface area contributed by atoms with Crippen molar-refractivity contribution < 1.29 is 18.6 Å².